The Morgan fingerprint density at radius 2 is 2.00 bits per heavy atom. The predicted molar refractivity (Wildman–Crippen MR) is 88.8 cm³/mol. The van der Waals surface area contributed by atoms with Crippen molar-refractivity contribution in [1.82, 2.24) is 9.88 Å². The summed E-state index contributed by atoms with van der Waals surface area (Å²) in [6, 6.07) is 15.0. The van der Waals surface area contributed by atoms with Gasteiger partial charge in [0, 0.05) is 33.2 Å². The Hall–Kier alpha value is -1.98. The molecular weight excluding hydrogens is 293 g/mol. The minimum atomic E-state index is -0.794. The fourth-order valence-corrected chi connectivity index (χ4v) is 3.18. The lowest BCUT2D eigenvalue weighted by molar-refractivity contribution is 0.0561. The molecule has 5 heteroatoms. The number of hydrogen-bond donors (Lipinski definition) is 1. The number of likely N-dealkylation sites (N-methyl/N-ethyl adjacent to an activating group) is 1. The van der Waals surface area contributed by atoms with E-state index in [2.05, 4.69) is 22.0 Å². The Balaban J connectivity index is 1.60. The van der Waals surface area contributed by atoms with Gasteiger partial charge in [-0.15, -0.1) is 0 Å². The number of benzene rings is 1. The van der Waals surface area contributed by atoms with Crippen molar-refractivity contribution in [3.8, 4) is 0 Å². The zero-order valence-corrected chi connectivity index (χ0v) is 13.3. The van der Waals surface area contributed by atoms with Crippen molar-refractivity contribution >= 4 is 5.82 Å². The average molecular weight is 315 g/mol. The van der Waals surface area contributed by atoms with E-state index >= 15 is 0 Å². The molecule has 0 saturated carbocycles. The van der Waals surface area contributed by atoms with Crippen LogP contribution in [-0.4, -0.2) is 47.3 Å². The van der Waals surface area contributed by atoms with Crippen LogP contribution in [0.3, 0.4) is 0 Å². The topological polar surface area (TPSA) is 39.6 Å². The van der Waals surface area contributed by atoms with Crippen molar-refractivity contribution in [2.75, 3.05) is 31.6 Å². The van der Waals surface area contributed by atoms with E-state index in [1.54, 1.807) is 12.1 Å². The molecule has 1 aromatic carbocycles. The Bertz CT molecular complexity index is 652. The van der Waals surface area contributed by atoms with Crippen molar-refractivity contribution in [3.63, 3.8) is 0 Å². The highest BCUT2D eigenvalue weighted by Gasteiger charge is 2.37. The molecular formula is C18H22FN3O. The van der Waals surface area contributed by atoms with Crippen molar-refractivity contribution in [1.29, 1.82) is 0 Å². The first-order valence-corrected chi connectivity index (χ1v) is 7.86. The van der Waals surface area contributed by atoms with E-state index in [9.17, 15) is 9.50 Å². The van der Waals surface area contributed by atoms with E-state index in [0.717, 1.165) is 13.1 Å². The molecule has 3 rings (SSSR count). The molecule has 0 radical (unpaired) electrons. The maximum absolute atomic E-state index is 13.2. The first-order chi connectivity index (χ1) is 11.0. The van der Waals surface area contributed by atoms with Crippen LogP contribution in [-0.2, 0) is 6.54 Å². The summed E-state index contributed by atoms with van der Waals surface area (Å²) in [5, 5.41) is 10.8. The number of rotatable bonds is 5. The lowest BCUT2D eigenvalue weighted by Gasteiger charge is -2.29. The Morgan fingerprint density at radius 3 is 2.74 bits per heavy atom. The molecule has 1 aliphatic heterocycles. The molecule has 1 saturated heterocycles. The number of anilines is 1. The first kappa shape index (κ1) is 15.9. The molecule has 1 fully saturated rings. The molecule has 0 amide bonds. The van der Waals surface area contributed by atoms with E-state index < -0.39 is 11.5 Å². The van der Waals surface area contributed by atoms with Gasteiger partial charge in [-0.05, 0) is 24.1 Å². The Labute approximate surface area is 136 Å². The lowest BCUT2D eigenvalue weighted by atomic mass is 10.0. The van der Waals surface area contributed by atoms with E-state index in [0.29, 0.717) is 25.3 Å². The summed E-state index contributed by atoms with van der Waals surface area (Å²) in [7, 11) is 1.83. The van der Waals surface area contributed by atoms with Crippen LogP contribution in [0.15, 0.2) is 48.5 Å². The van der Waals surface area contributed by atoms with Gasteiger partial charge in [-0.2, -0.15) is 4.39 Å². The van der Waals surface area contributed by atoms with Crippen LogP contribution in [0.25, 0.3) is 0 Å². The quantitative estimate of drug-likeness (QED) is 0.860. The van der Waals surface area contributed by atoms with Crippen molar-refractivity contribution in [3.05, 3.63) is 60.0 Å². The van der Waals surface area contributed by atoms with Gasteiger partial charge in [-0.1, -0.05) is 36.4 Å². The average Bonchev–Trinajstić information content (AvgIpc) is 2.89. The zero-order valence-electron chi connectivity index (χ0n) is 13.3. The summed E-state index contributed by atoms with van der Waals surface area (Å²) >= 11 is 0. The van der Waals surface area contributed by atoms with Gasteiger partial charge in [0.1, 0.15) is 5.82 Å². The number of aliphatic hydroxyl groups is 1. The van der Waals surface area contributed by atoms with Gasteiger partial charge < -0.3 is 10.0 Å². The summed E-state index contributed by atoms with van der Waals surface area (Å²) in [4.78, 5) is 7.93. The number of pyridine rings is 1. The molecule has 1 atom stereocenters. The summed E-state index contributed by atoms with van der Waals surface area (Å²) in [6.45, 7) is 2.75. The second-order valence-corrected chi connectivity index (χ2v) is 6.35. The number of aromatic nitrogens is 1. The molecule has 2 heterocycles. The van der Waals surface area contributed by atoms with Gasteiger partial charge in [0.15, 0.2) is 0 Å². The Kier molecular flexibility index (Phi) is 4.59. The minimum Gasteiger partial charge on any atom is -0.387 e. The summed E-state index contributed by atoms with van der Waals surface area (Å²) in [6.07, 6.45) is 0.708. The molecule has 4 nitrogen and oxygen atoms in total. The maximum atomic E-state index is 13.2. The number of likely N-dealkylation sites (tertiary alicyclic amines) is 1. The number of halogens is 1. The van der Waals surface area contributed by atoms with E-state index in [-0.39, 0.29) is 0 Å². The van der Waals surface area contributed by atoms with Crippen LogP contribution in [0.4, 0.5) is 10.2 Å². The second kappa shape index (κ2) is 6.64. The SMILES string of the molecule is CN(CC1(O)CCN(Cc2ccccc2)C1)c1cccc(F)n1. The van der Waals surface area contributed by atoms with Gasteiger partial charge >= 0.3 is 0 Å². The maximum Gasteiger partial charge on any atom is 0.214 e. The van der Waals surface area contributed by atoms with Crippen LogP contribution in [0.5, 0.6) is 0 Å². The van der Waals surface area contributed by atoms with Crippen molar-refractivity contribution in [2.24, 2.45) is 0 Å². The summed E-state index contributed by atoms with van der Waals surface area (Å²) < 4.78 is 13.2. The van der Waals surface area contributed by atoms with E-state index in [1.165, 1.54) is 11.6 Å². The largest absolute Gasteiger partial charge is 0.387 e. The van der Waals surface area contributed by atoms with E-state index in [4.69, 9.17) is 0 Å². The molecule has 2 aromatic rings. The van der Waals surface area contributed by atoms with Gasteiger partial charge in [0.25, 0.3) is 0 Å². The third-order valence-electron chi connectivity index (χ3n) is 4.28. The summed E-state index contributed by atoms with van der Waals surface area (Å²) in [5.41, 5.74) is 0.453. The molecule has 0 aliphatic carbocycles. The van der Waals surface area contributed by atoms with Crippen molar-refractivity contribution in [2.45, 2.75) is 18.6 Å². The highest BCUT2D eigenvalue weighted by molar-refractivity contribution is 5.37. The molecule has 0 bridgehead atoms. The molecule has 122 valence electrons. The molecule has 23 heavy (non-hydrogen) atoms. The van der Waals surface area contributed by atoms with Crippen LogP contribution in [0, 0.1) is 5.95 Å². The first-order valence-electron chi connectivity index (χ1n) is 7.86. The van der Waals surface area contributed by atoms with Crippen LogP contribution >= 0.6 is 0 Å². The third-order valence-corrected chi connectivity index (χ3v) is 4.28. The standard InChI is InChI=1S/C18H22FN3O/c1-21(17-9-5-8-16(19)20-17)13-18(23)10-11-22(14-18)12-15-6-3-2-4-7-15/h2-9,23H,10-14H2,1H3. The van der Waals surface area contributed by atoms with Crippen molar-refractivity contribution < 1.29 is 9.50 Å². The summed E-state index contributed by atoms with van der Waals surface area (Å²) in [5.74, 6) is 0.0402. The number of nitrogens with zero attached hydrogens (tertiary/aromatic N) is 3. The molecule has 1 N–H and O–H groups in total. The third kappa shape index (κ3) is 4.06. The van der Waals surface area contributed by atoms with E-state index in [1.807, 2.05) is 30.1 Å². The molecule has 1 aliphatic rings. The van der Waals surface area contributed by atoms with Gasteiger partial charge in [-0.3, -0.25) is 4.90 Å². The highest BCUT2D eigenvalue weighted by Crippen LogP contribution is 2.25. The Morgan fingerprint density at radius 1 is 1.22 bits per heavy atom. The smallest absolute Gasteiger partial charge is 0.214 e. The molecule has 1 unspecified atom stereocenters. The van der Waals surface area contributed by atoms with Gasteiger partial charge in [0.05, 0.1) is 5.60 Å². The minimum absolute atomic E-state index is 0.439. The highest BCUT2D eigenvalue weighted by atomic mass is 19.1. The predicted octanol–water partition coefficient (Wildman–Crippen LogP) is 2.29. The van der Waals surface area contributed by atoms with Gasteiger partial charge in [0.2, 0.25) is 5.95 Å². The lowest BCUT2D eigenvalue weighted by Crippen LogP contribution is -2.44. The fourth-order valence-electron chi connectivity index (χ4n) is 3.18. The normalized spacial score (nSPS) is 21.5. The molecule has 1 aromatic heterocycles. The number of β-amino-alcohol motifs (C(OH)–C–C–N with tert-alkyl or cyclic N) is 1. The van der Waals surface area contributed by atoms with Gasteiger partial charge in [-0.25, -0.2) is 4.98 Å². The van der Waals surface area contributed by atoms with Crippen LogP contribution < -0.4 is 4.90 Å². The second-order valence-electron chi connectivity index (χ2n) is 6.35. The fraction of sp³-hybridized carbons (Fsp3) is 0.389. The monoisotopic (exact) mass is 315 g/mol. The molecule has 0 spiro atoms. The van der Waals surface area contributed by atoms with Crippen LogP contribution in [0.2, 0.25) is 0 Å². The zero-order chi connectivity index (χ0) is 16.3. The van der Waals surface area contributed by atoms with Crippen LogP contribution in [0.1, 0.15) is 12.0 Å². The number of hydrogen-bond acceptors (Lipinski definition) is 4.